The number of aryl methyl sites for hydroxylation is 1. The van der Waals surface area contributed by atoms with Crippen LogP contribution in [0.2, 0.25) is 5.02 Å². The van der Waals surface area contributed by atoms with Crippen molar-refractivity contribution in [1.82, 2.24) is 9.47 Å². The number of methoxy groups -OCH3 is 1. The highest BCUT2D eigenvalue weighted by Crippen LogP contribution is 2.34. The van der Waals surface area contributed by atoms with Gasteiger partial charge in [0.15, 0.2) is 0 Å². The van der Waals surface area contributed by atoms with E-state index < -0.39 is 23.6 Å². The Morgan fingerprint density at radius 3 is 2.62 bits per heavy atom. The van der Waals surface area contributed by atoms with E-state index in [1.807, 2.05) is 44.2 Å². The normalized spacial score (nSPS) is 14.7. The van der Waals surface area contributed by atoms with Crippen molar-refractivity contribution in [3.05, 3.63) is 81.5 Å². The molecule has 0 aliphatic carbocycles. The zero-order valence-corrected chi connectivity index (χ0v) is 20.4. The van der Waals surface area contributed by atoms with Crippen LogP contribution in [0.4, 0.5) is 10.5 Å². The third-order valence-electron chi connectivity index (χ3n) is 5.39. The maximum Gasteiger partial charge on any atom is 0.294 e. The zero-order chi connectivity index (χ0) is 24.4. The number of benzene rings is 2. The summed E-state index contributed by atoms with van der Waals surface area (Å²) < 4.78 is 7.38. The van der Waals surface area contributed by atoms with Crippen molar-refractivity contribution in [3.8, 4) is 11.4 Å². The molecule has 1 fully saturated rings. The molecule has 0 spiro atoms. The second kappa shape index (κ2) is 9.79. The molecule has 174 valence electrons. The van der Waals surface area contributed by atoms with E-state index in [4.69, 9.17) is 16.3 Å². The lowest BCUT2D eigenvalue weighted by atomic mass is 10.2. The molecule has 1 aliphatic heterocycles. The van der Waals surface area contributed by atoms with E-state index >= 15 is 0 Å². The summed E-state index contributed by atoms with van der Waals surface area (Å²) in [5.41, 5.74) is 4.04. The summed E-state index contributed by atoms with van der Waals surface area (Å²) in [5.74, 6) is -0.272. The zero-order valence-electron chi connectivity index (χ0n) is 18.8. The van der Waals surface area contributed by atoms with Crippen LogP contribution in [0.5, 0.6) is 5.75 Å². The predicted octanol–water partition coefficient (Wildman–Crippen LogP) is 5.43. The number of imide groups is 1. The number of para-hydroxylation sites is 1. The second-order valence-electron chi connectivity index (χ2n) is 7.66. The molecule has 3 aromatic rings. The summed E-state index contributed by atoms with van der Waals surface area (Å²) >= 11 is 6.88. The summed E-state index contributed by atoms with van der Waals surface area (Å²) in [6, 6.07) is 16.4. The van der Waals surface area contributed by atoms with Crippen LogP contribution < -0.4 is 10.1 Å². The Hall–Kier alpha value is -3.49. The number of carbonyl (C=O) groups is 3. The third kappa shape index (κ3) is 4.73. The first kappa shape index (κ1) is 23.7. The first-order valence-corrected chi connectivity index (χ1v) is 11.6. The van der Waals surface area contributed by atoms with E-state index in [0.29, 0.717) is 10.7 Å². The van der Waals surface area contributed by atoms with Crippen molar-refractivity contribution in [2.75, 3.05) is 19.0 Å². The van der Waals surface area contributed by atoms with Crippen LogP contribution in [0.1, 0.15) is 17.0 Å². The molecule has 1 N–H and O–H groups in total. The van der Waals surface area contributed by atoms with Gasteiger partial charge < -0.3 is 14.6 Å². The summed E-state index contributed by atoms with van der Waals surface area (Å²) in [6.07, 6.45) is 1.69. The van der Waals surface area contributed by atoms with Gasteiger partial charge in [0.2, 0.25) is 5.91 Å². The van der Waals surface area contributed by atoms with Crippen molar-refractivity contribution >= 4 is 52.2 Å². The average Bonchev–Trinajstić information content (AvgIpc) is 3.24. The molecular weight excluding hydrogens is 474 g/mol. The molecular formula is C25H22ClN3O4S. The van der Waals surface area contributed by atoms with Crippen LogP contribution >= 0.6 is 23.4 Å². The number of thioether (sulfide) groups is 1. The molecule has 1 aromatic heterocycles. The molecule has 3 amide bonds. The van der Waals surface area contributed by atoms with Crippen LogP contribution in [0.15, 0.2) is 59.5 Å². The van der Waals surface area contributed by atoms with Crippen LogP contribution in [-0.4, -0.2) is 40.2 Å². The molecule has 9 heteroatoms. The lowest BCUT2D eigenvalue weighted by Crippen LogP contribution is -2.36. The number of ether oxygens (including phenoxy) is 1. The molecule has 7 nitrogen and oxygen atoms in total. The smallest absolute Gasteiger partial charge is 0.294 e. The number of aromatic nitrogens is 1. The SMILES string of the molecule is COc1cccc(-n2c(C)cc(/C=C3\SC(=O)N(CC(=O)Nc4ccccc4Cl)C3=O)c2C)c1. The summed E-state index contributed by atoms with van der Waals surface area (Å²) in [4.78, 5) is 39.0. The Morgan fingerprint density at radius 1 is 1.12 bits per heavy atom. The van der Waals surface area contributed by atoms with Crippen molar-refractivity contribution < 1.29 is 19.1 Å². The van der Waals surface area contributed by atoms with Crippen molar-refractivity contribution in [3.63, 3.8) is 0 Å². The fourth-order valence-electron chi connectivity index (χ4n) is 3.75. The number of amides is 3. The molecule has 34 heavy (non-hydrogen) atoms. The number of halogens is 1. The fraction of sp³-hybridized carbons (Fsp3) is 0.160. The molecule has 0 unspecified atom stereocenters. The lowest BCUT2D eigenvalue weighted by Gasteiger charge is -2.13. The summed E-state index contributed by atoms with van der Waals surface area (Å²) in [6.45, 7) is 3.52. The molecule has 1 saturated heterocycles. The van der Waals surface area contributed by atoms with Crippen molar-refractivity contribution in [1.29, 1.82) is 0 Å². The monoisotopic (exact) mass is 495 g/mol. The van der Waals surface area contributed by atoms with E-state index in [9.17, 15) is 14.4 Å². The highest BCUT2D eigenvalue weighted by Gasteiger charge is 2.36. The lowest BCUT2D eigenvalue weighted by molar-refractivity contribution is -0.127. The van der Waals surface area contributed by atoms with Crippen molar-refractivity contribution in [2.45, 2.75) is 13.8 Å². The molecule has 0 saturated carbocycles. The van der Waals surface area contributed by atoms with Gasteiger partial charge in [0.1, 0.15) is 12.3 Å². The molecule has 1 aliphatic rings. The number of carbonyl (C=O) groups excluding carboxylic acids is 3. The van der Waals surface area contributed by atoms with E-state index in [1.54, 1.807) is 37.5 Å². The highest BCUT2D eigenvalue weighted by molar-refractivity contribution is 8.18. The molecule has 0 atom stereocenters. The van der Waals surface area contributed by atoms with Gasteiger partial charge in [-0.15, -0.1) is 0 Å². The second-order valence-corrected chi connectivity index (χ2v) is 9.06. The molecule has 0 radical (unpaired) electrons. The Morgan fingerprint density at radius 2 is 1.88 bits per heavy atom. The van der Waals surface area contributed by atoms with Crippen molar-refractivity contribution in [2.24, 2.45) is 0 Å². The molecule has 2 heterocycles. The van der Waals surface area contributed by atoms with E-state index in [1.165, 1.54) is 0 Å². The van der Waals surface area contributed by atoms with Gasteiger partial charge in [0.05, 0.1) is 22.7 Å². The minimum atomic E-state index is -0.507. The van der Waals surface area contributed by atoms with Gasteiger partial charge in [0, 0.05) is 23.1 Å². The Balaban J connectivity index is 1.54. The summed E-state index contributed by atoms with van der Waals surface area (Å²) in [5, 5.41) is 2.51. The van der Waals surface area contributed by atoms with Gasteiger partial charge in [-0.3, -0.25) is 19.3 Å². The number of rotatable bonds is 6. The fourth-order valence-corrected chi connectivity index (χ4v) is 4.77. The van der Waals surface area contributed by atoms with Crippen LogP contribution in [-0.2, 0) is 9.59 Å². The van der Waals surface area contributed by atoms with E-state index in [0.717, 1.165) is 45.1 Å². The minimum Gasteiger partial charge on any atom is -0.497 e. The van der Waals surface area contributed by atoms with Gasteiger partial charge in [0.25, 0.3) is 11.1 Å². The first-order valence-electron chi connectivity index (χ1n) is 10.4. The standard InChI is InChI=1S/C25H22ClN3O4S/c1-15-11-17(16(2)29(15)18-7-6-8-19(13-18)33-3)12-22-24(31)28(25(32)34-22)14-23(30)27-21-10-5-4-9-20(21)26/h4-13H,14H2,1-3H3,(H,27,30)/b22-12-. The van der Waals surface area contributed by atoms with Gasteiger partial charge in [-0.2, -0.15) is 0 Å². The minimum absolute atomic E-state index is 0.265. The molecule has 0 bridgehead atoms. The predicted molar refractivity (Wildman–Crippen MR) is 135 cm³/mol. The van der Waals surface area contributed by atoms with Gasteiger partial charge in [-0.1, -0.05) is 29.8 Å². The van der Waals surface area contributed by atoms with Crippen LogP contribution in [0, 0.1) is 13.8 Å². The van der Waals surface area contributed by atoms with Crippen LogP contribution in [0.3, 0.4) is 0 Å². The number of hydrogen-bond acceptors (Lipinski definition) is 5. The van der Waals surface area contributed by atoms with Gasteiger partial charge in [-0.05, 0) is 67.6 Å². The number of hydrogen-bond donors (Lipinski definition) is 1. The highest BCUT2D eigenvalue weighted by atomic mass is 35.5. The topological polar surface area (TPSA) is 80.6 Å². The van der Waals surface area contributed by atoms with Crippen LogP contribution in [0.25, 0.3) is 11.8 Å². The van der Waals surface area contributed by atoms with E-state index in [-0.39, 0.29) is 4.91 Å². The number of nitrogens with zero attached hydrogens (tertiary/aromatic N) is 2. The first-order chi connectivity index (χ1) is 16.3. The Labute approximate surface area is 206 Å². The average molecular weight is 496 g/mol. The van der Waals surface area contributed by atoms with Gasteiger partial charge >= 0.3 is 0 Å². The van der Waals surface area contributed by atoms with E-state index in [2.05, 4.69) is 9.88 Å². The molecule has 4 rings (SSSR count). The maximum absolute atomic E-state index is 12.9. The number of nitrogens with one attached hydrogen (secondary N) is 1. The Bertz CT molecular complexity index is 1330. The Kier molecular flexibility index (Phi) is 6.81. The maximum atomic E-state index is 12.9. The quantitative estimate of drug-likeness (QED) is 0.461. The number of anilines is 1. The van der Waals surface area contributed by atoms with Gasteiger partial charge in [-0.25, -0.2) is 0 Å². The third-order valence-corrected chi connectivity index (χ3v) is 6.63. The largest absolute Gasteiger partial charge is 0.497 e. The molecule has 2 aromatic carbocycles. The summed E-state index contributed by atoms with van der Waals surface area (Å²) in [7, 11) is 1.62.